The summed E-state index contributed by atoms with van der Waals surface area (Å²) in [5.74, 6) is 1.23. The van der Waals surface area contributed by atoms with E-state index < -0.39 is 14.9 Å². The van der Waals surface area contributed by atoms with Gasteiger partial charge in [-0.1, -0.05) is 12.1 Å². The minimum absolute atomic E-state index is 0.00921. The summed E-state index contributed by atoms with van der Waals surface area (Å²) < 4.78 is 35.6. The van der Waals surface area contributed by atoms with E-state index in [1.807, 2.05) is 0 Å². The Kier molecular flexibility index (Phi) is 5.56. The number of rotatable bonds is 7. The third kappa shape index (κ3) is 4.42. The summed E-state index contributed by atoms with van der Waals surface area (Å²) in [6.45, 7) is 1.68. The molecule has 2 aromatic carbocycles. The van der Waals surface area contributed by atoms with Crippen molar-refractivity contribution in [3.63, 3.8) is 0 Å². The average Bonchev–Trinajstić information content (AvgIpc) is 3.43. The summed E-state index contributed by atoms with van der Waals surface area (Å²) in [4.78, 5) is 16.9. The summed E-state index contributed by atoms with van der Waals surface area (Å²) >= 11 is 0. The van der Waals surface area contributed by atoms with Gasteiger partial charge in [-0.3, -0.25) is 10.1 Å². The van der Waals surface area contributed by atoms with E-state index in [1.165, 1.54) is 36.7 Å². The van der Waals surface area contributed by atoms with Gasteiger partial charge in [-0.2, -0.15) is 18.4 Å². The first-order valence-electron chi connectivity index (χ1n) is 9.24. The Morgan fingerprint density at radius 1 is 1.06 bits per heavy atom. The van der Waals surface area contributed by atoms with Crippen molar-refractivity contribution in [3.05, 3.63) is 88.7 Å². The molecule has 1 N–H and O–H groups in total. The number of sulfonamides is 1. The number of nitro benzene ring substituents is 1. The molecule has 2 heterocycles. The van der Waals surface area contributed by atoms with Crippen LogP contribution >= 0.6 is 0 Å². The van der Waals surface area contributed by atoms with Crippen LogP contribution in [-0.4, -0.2) is 24.5 Å². The smallest absolute Gasteiger partial charge is 0.276 e. The van der Waals surface area contributed by atoms with Gasteiger partial charge in [0.1, 0.15) is 11.5 Å². The van der Waals surface area contributed by atoms with Gasteiger partial charge in [0.15, 0.2) is 11.7 Å². The number of hydrogen-bond acceptors (Lipinski definition) is 8. The number of hydrogen-bond donors (Lipinski definition) is 1. The third-order valence-electron chi connectivity index (χ3n) is 4.42. The predicted octanol–water partition coefficient (Wildman–Crippen LogP) is 4.13. The topological polar surface area (TPSA) is 141 Å². The Bertz CT molecular complexity index is 1370. The average molecular weight is 452 g/mol. The molecule has 0 spiro atoms. The van der Waals surface area contributed by atoms with E-state index in [1.54, 1.807) is 43.3 Å². The first-order valence-corrected chi connectivity index (χ1v) is 10.7. The van der Waals surface area contributed by atoms with Crippen LogP contribution in [0.3, 0.4) is 0 Å². The fourth-order valence-corrected chi connectivity index (χ4v) is 3.71. The maximum atomic E-state index is 12.4. The van der Waals surface area contributed by atoms with Gasteiger partial charge in [0.2, 0.25) is 0 Å². The Morgan fingerprint density at radius 3 is 2.38 bits per heavy atom. The van der Waals surface area contributed by atoms with Gasteiger partial charge in [-0.05, 0) is 36.4 Å². The largest absolute Gasteiger partial charge is 0.463 e. The summed E-state index contributed by atoms with van der Waals surface area (Å²) in [6, 6.07) is 15.2. The molecule has 11 heteroatoms. The van der Waals surface area contributed by atoms with Crippen molar-refractivity contribution >= 4 is 21.9 Å². The Hall–Kier alpha value is -4.25. The van der Waals surface area contributed by atoms with Crippen LogP contribution in [0.15, 0.2) is 85.8 Å². The van der Waals surface area contributed by atoms with Crippen molar-refractivity contribution in [3.8, 4) is 22.6 Å². The molecule has 0 aliphatic heterocycles. The number of non-ortho nitro benzene ring substituents is 1. The van der Waals surface area contributed by atoms with E-state index in [2.05, 4.69) is 14.9 Å². The van der Waals surface area contributed by atoms with Crippen LogP contribution in [0.5, 0.6) is 0 Å². The quantitative estimate of drug-likeness (QED) is 0.252. The SMILES string of the molecule is Cc1nc(-c2ccc(S(=O)(=O)N/N=C\c3ccco3)cc2)c(-c2ccc([N+](=O)[O-])cc2)o1. The molecule has 10 nitrogen and oxygen atoms in total. The first kappa shape index (κ1) is 21.0. The molecule has 0 fully saturated rings. The Labute approximate surface area is 182 Å². The molecule has 0 aliphatic carbocycles. The number of nitro groups is 1. The fraction of sp³-hybridized carbons (Fsp3) is 0.0476. The maximum Gasteiger partial charge on any atom is 0.276 e. The number of furan rings is 1. The van der Waals surface area contributed by atoms with Crippen molar-refractivity contribution in [2.45, 2.75) is 11.8 Å². The minimum atomic E-state index is -3.88. The summed E-state index contributed by atoms with van der Waals surface area (Å²) in [6.07, 6.45) is 2.70. The lowest BCUT2D eigenvalue weighted by Crippen LogP contribution is -2.18. The summed E-state index contributed by atoms with van der Waals surface area (Å²) in [7, 11) is -3.88. The molecule has 0 bridgehead atoms. The molecule has 0 unspecified atom stereocenters. The number of nitrogens with one attached hydrogen (secondary N) is 1. The standard InChI is InChI=1S/C21H16N4O6S/c1-14-23-20(21(31-14)16-4-8-17(9-5-16)25(26)27)15-6-10-19(11-7-15)32(28,29)24-22-13-18-3-2-12-30-18/h2-13,24H,1H3/b22-13-. The van der Waals surface area contributed by atoms with E-state index in [4.69, 9.17) is 8.83 Å². The van der Waals surface area contributed by atoms with E-state index in [0.717, 1.165) is 0 Å². The summed E-state index contributed by atoms with van der Waals surface area (Å²) in [5.41, 5.74) is 1.68. The number of oxazole rings is 1. The van der Waals surface area contributed by atoms with E-state index >= 15 is 0 Å². The Morgan fingerprint density at radius 2 is 1.75 bits per heavy atom. The van der Waals surface area contributed by atoms with E-state index in [-0.39, 0.29) is 10.6 Å². The zero-order valence-electron chi connectivity index (χ0n) is 16.6. The van der Waals surface area contributed by atoms with Gasteiger partial charge in [0.25, 0.3) is 15.7 Å². The first-order chi connectivity index (χ1) is 15.3. The zero-order valence-corrected chi connectivity index (χ0v) is 17.4. The lowest BCUT2D eigenvalue weighted by atomic mass is 10.1. The molecule has 0 amide bonds. The number of aryl methyl sites for hydroxylation is 1. The lowest BCUT2D eigenvalue weighted by Gasteiger charge is -2.05. The van der Waals surface area contributed by atoms with Gasteiger partial charge in [-0.15, -0.1) is 0 Å². The fourth-order valence-electron chi connectivity index (χ4n) is 2.92. The molecule has 4 rings (SSSR count). The van der Waals surface area contributed by atoms with E-state index in [9.17, 15) is 18.5 Å². The van der Waals surface area contributed by atoms with Crippen molar-refractivity contribution < 1.29 is 22.2 Å². The van der Waals surface area contributed by atoms with Crippen molar-refractivity contribution in [1.82, 2.24) is 9.82 Å². The van der Waals surface area contributed by atoms with E-state index in [0.29, 0.717) is 34.2 Å². The van der Waals surface area contributed by atoms with Crippen molar-refractivity contribution in [2.75, 3.05) is 0 Å². The molecule has 0 radical (unpaired) electrons. The second-order valence-electron chi connectivity index (χ2n) is 6.61. The molecular weight excluding hydrogens is 436 g/mol. The second-order valence-corrected chi connectivity index (χ2v) is 8.27. The van der Waals surface area contributed by atoms with Gasteiger partial charge in [0.05, 0.1) is 22.3 Å². The van der Waals surface area contributed by atoms with Crippen LogP contribution in [-0.2, 0) is 10.0 Å². The van der Waals surface area contributed by atoms with Crippen LogP contribution in [0.4, 0.5) is 5.69 Å². The molecule has 0 saturated carbocycles. The number of nitrogens with zero attached hydrogens (tertiary/aromatic N) is 3. The van der Waals surface area contributed by atoms with Crippen molar-refractivity contribution in [1.29, 1.82) is 0 Å². The maximum absolute atomic E-state index is 12.4. The molecule has 4 aromatic rings. The molecular formula is C21H16N4O6S. The van der Waals surface area contributed by atoms with Gasteiger partial charge in [-0.25, -0.2) is 4.98 Å². The lowest BCUT2D eigenvalue weighted by molar-refractivity contribution is -0.384. The molecule has 0 saturated heterocycles. The van der Waals surface area contributed by atoms with Gasteiger partial charge < -0.3 is 8.83 Å². The second kappa shape index (κ2) is 8.47. The zero-order chi connectivity index (χ0) is 22.7. The van der Waals surface area contributed by atoms with Crippen LogP contribution in [0, 0.1) is 17.0 Å². The van der Waals surface area contributed by atoms with Crippen LogP contribution in [0.2, 0.25) is 0 Å². The molecule has 32 heavy (non-hydrogen) atoms. The number of aromatic nitrogens is 1. The Balaban J connectivity index is 1.59. The highest BCUT2D eigenvalue weighted by Gasteiger charge is 2.18. The van der Waals surface area contributed by atoms with Crippen LogP contribution in [0.1, 0.15) is 11.7 Å². The third-order valence-corrected chi connectivity index (χ3v) is 5.66. The normalized spacial score (nSPS) is 11.7. The minimum Gasteiger partial charge on any atom is -0.463 e. The van der Waals surface area contributed by atoms with Crippen LogP contribution < -0.4 is 4.83 Å². The van der Waals surface area contributed by atoms with Gasteiger partial charge in [0, 0.05) is 30.2 Å². The molecule has 2 aromatic heterocycles. The highest BCUT2D eigenvalue weighted by molar-refractivity contribution is 7.89. The number of benzene rings is 2. The monoisotopic (exact) mass is 452 g/mol. The number of hydrazone groups is 1. The van der Waals surface area contributed by atoms with Crippen LogP contribution in [0.25, 0.3) is 22.6 Å². The molecule has 162 valence electrons. The molecule has 0 aliphatic rings. The summed E-state index contributed by atoms with van der Waals surface area (Å²) in [5, 5.41) is 14.6. The molecule has 0 atom stereocenters. The van der Waals surface area contributed by atoms with Gasteiger partial charge >= 0.3 is 0 Å². The predicted molar refractivity (Wildman–Crippen MR) is 115 cm³/mol. The highest BCUT2D eigenvalue weighted by atomic mass is 32.2. The van der Waals surface area contributed by atoms with Crippen molar-refractivity contribution in [2.24, 2.45) is 5.10 Å². The highest BCUT2D eigenvalue weighted by Crippen LogP contribution is 2.33.